The molecular weight excluding hydrogens is 238 g/mol. The van der Waals surface area contributed by atoms with Gasteiger partial charge in [-0.05, 0) is 39.4 Å². The van der Waals surface area contributed by atoms with Crippen LogP contribution in [0, 0.1) is 11.3 Å². The van der Waals surface area contributed by atoms with Crippen LogP contribution in [-0.4, -0.2) is 56.5 Å². The zero-order chi connectivity index (χ0) is 12.5. The Morgan fingerprint density at radius 1 is 1.41 bits per heavy atom. The highest BCUT2D eigenvalue weighted by atomic mass is 32.2. The molecule has 1 atom stereocenters. The molecule has 2 aliphatic heterocycles. The van der Waals surface area contributed by atoms with Gasteiger partial charge in [-0.15, -0.1) is 0 Å². The van der Waals surface area contributed by atoms with Crippen LogP contribution in [0.25, 0.3) is 0 Å². The Hall–Kier alpha value is -0.640. The summed E-state index contributed by atoms with van der Waals surface area (Å²) in [6.45, 7) is 1.66. The third-order valence-corrected chi connectivity index (χ3v) is 5.82. The monoisotopic (exact) mass is 257 g/mol. The minimum atomic E-state index is -2.88. The Balaban J connectivity index is 2.13. The van der Waals surface area contributed by atoms with Crippen molar-refractivity contribution in [3.8, 4) is 6.07 Å². The number of hydrogen-bond acceptors (Lipinski definition) is 5. The van der Waals surface area contributed by atoms with Crippen molar-refractivity contribution in [1.29, 1.82) is 5.26 Å². The van der Waals surface area contributed by atoms with Crippen LogP contribution < -0.4 is 5.32 Å². The Morgan fingerprint density at radius 3 is 2.53 bits per heavy atom. The number of rotatable bonds is 2. The number of piperidine rings is 1. The number of sulfone groups is 1. The van der Waals surface area contributed by atoms with E-state index >= 15 is 0 Å². The first-order valence-electron chi connectivity index (χ1n) is 6.04. The van der Waals surface area contributed by atoms with E-state index in [0.717, 1.165) is 25.9 Å². The van der Waals surface area contributed by atoms with E-state index in [-0.39, 0.29) is 17.5 Å². The van der Waals surface area contributed by atoms with E-state index in [9.17, 15) is 13.7 Å². The molecule has 0 radical (unpaired) electrons. The van der Waals surface area contributed by atoms with Crippen LogP contribution in [0.5, 0.6) is 0 Å². The molecule has 17 heavy (non-hydrogen) atoms. The first-order valence-corrected chi connectivity index (χ1v) is 7.87. The van der Waals surface area contributed by atoms with Gasteiger partial charge in [-0.3, -0.25) is 4.90 Å². The van der Waals surface area contributed by atoms with E-state index in [1.807, 2.05) is 11.9 Å². The van der Waals surface area contributed by atoms with Crippen molar-refractivity contribution in [1.82, 2.24) is 10.2 Å². The Bertz CT molecular complexity index is 420. The molecule has 0 spiro atoms. The van der Waals surface area contributed by atoms with Crippen molar-refractivity contribution in [3.63, 3.8) is 0 Å². The highest BCUT2D eigenvalue weighted by Gasteiger charge is 2.42. The van der Waals surface area contributed by atoms with Gasteiger partial charge in [0.1, 0.15) is 5.54 Å². The van der Waals surface area contributed by atoms with Crippen molar-refractivity contribution in [2.45, 2.75) is 30.8 Å². The maximum absolute atomic E-state index is 11.5. The molecule has 0 aliphatic carbocycles. The minimum Gasteiger partial charge on any atom is -0.317 e. The average Bonchev–Trinajstić information content (AvgIpc) is 2.69. The standard InChI is InChI=1S/C11H19N3O2S/c1-14(10-2-7-17(15,16)8-10)11(9-12)3-5-13-6-4-11/h10,13H,2-8H2,1H3. The fourth-order valence-corrected chi connectivity index (χ4v) is 4.59. The van der Waals surface area contributed by atoms with Gasteiger partial charge in [0.2, 0.25) is 0 Å². The van der Waals surface area contributed by atoms with Gasteiger partial charge in [-0.25, -0.2) is 8.42 Å². The molecule has 2 saturated heterocycles. The molecule has 6 heteroatoms. The number of nitrogens with one attached hydrogen (secondary N) is 1. The van der Waals surface area contributed by atoms with Gasteiger partial charge in [0.15, 0.2) is 9.84 Å². The number of hydrogen-bond donors (Lipinski definition) is 1. The molecular formula is C11H19N3O2S. The van der Waals surface area contributed by atoms with Gasteiger partial charge < -0.3 is 5.32 Å². The summed E-state index contributed by atoms with van der Waals surface area (Å²) in [5.74, 6) is 0.474. The second-order valence-corrected chi connectivity index (χ2v) is 7.29. The molecule has 5 nitrogen and oxygen atoms in total. The van der Waals surface area contributed by atoms with Gasteiger partial charge in [0.05, 0.1) is 17.6 Å². The van der Waals surface area contributed by atoms with Crippen LogP contribution in [-0.2, 0) is 9.84 Å². The number of nitrogens with zero attached hydrogens (tertiary/aromatic N) is 2. The second-order valence-electron chi connectivity index (χ2n) is 5.06. The van der Waals surface area contributed by atoms with Crippen molar-refractivity contribution in [2.75, 3.05) is 31.6 Å². The lowest BCUT2D eigenvalue weighted by molar-refractivity contribution is 0.0979. The molecule has 2 rings (SSSR count). The van der Waals surface area contributed by atoms with Crippen molar-refractivity contribution in [3.05, 3.63) is 0 Å². The van der Waals surface area contributed by atoms with E-state index in [2.05, 4.69) is 11.4 Å². The summed E-state index contributed by atoms with van der Waals surface area (Å²) >= 11 is 0. The molecule has 2 fully saturated rings. The van der Waals surface area contributed by atoms with Crippen LogP contribution in [0.2, 0.25) is 0 Å². The zero-order valence-corrected chi connectivity index (χ0v) is 11.0. The zero-order valence-electron chi connectivity index (χ0n) is 10.1. The van der Waals surface area contributed by atoms with E-state index in [4.69, 9.17) is 0 Å². The molecule has 1 unspecified atom stereocenters. The second kappa shape index (κ2) is 4.56. The smallest absolute Gasteiger partial charge is 0.151 e. The Labute approximate surface area is 103 Å². The summed E-state index contributed by atoms with van der Waals surface area (Å²) in [6, 6.07) is 2.42. The number of nitriles is 1. The molecule has 0 saturated carbocycles. The molecule has 1 N–H and O–H groups in total. The van der Waals surface area contributed by atoms with E-state index in [1.165, 1.54) is 0 Å². The molecule has 2 aliphatic rings. The third-order valence-electron chi connectivity index (χ3n) is 4.07. The molecule has 2 heterocycles. The lowest BCUT2D eigenvalue weighted by atomic mass is 9.87. The Kier molecular flexibility index (Phi) is 3.43. The van der Waals surface area contributed by atoms with Gasteiger partial charge in [0, 0.05) is 6.04 Å². The topological polar surface area (TPSA) is 73.2 Å². The van der Waals surface area contributed by atoms with Crippen LogP contribution in [0.3, 0.4) is 0 Å². The van der Waals surface area contributed by atoms with Crippen LogP contribution in [0.4, 0.5) is 0 Å². The third kappa shape index (κ3) is 2.46. The van der Waals surface area contributed by atoms with E-state index < -0.39 is 15.4 Å². The fraction of sp³-hybridized carbons (Fsp3) is 0.909. The van der Waals surface area contributed by atoms with Crippen LogP contribution in [0.1, 0.15) is 19.3 Å². The largest absolute Gasteiger partial charge is 0.317 e. The molecule has 0 bridgehead atoms. The molecule has 0 amide bonds. The maximum atomic E-state index is 11.5. The van der Waals surface area contributed by atoms with Crippen molar-refractivity contribution < 1.29 is 8.42 Å². The summed E-state index contributed by atoms with van der Waals surface area (Å²) in [7, 11) is -0.978. The SMILES string of the molecule is CN(C1CCS(=O)(=O)C1)C1(C#N)CCNCC1. The fourth-order valence-electron chi connectivity index (χ4n) is 2.81. The van der Waals surface area contributed by atoms with Gasteiger partial charge in [-0.1, -0.05) is 0 Å². The summed E-state index contributed by atoms with van der Waals surface area (Å²) in [5.41, 5.74) is -0.476. The lowest BCUT2D eigenvalue weighted by Gasteiger charge is -2.42. The first-order chi connectivity index (χ1) is 7.99. The molecule has 0 aromatic heterocycles. The quantitative estimate of drug-likeness (QED) is 0.738. The first kappa shape index (κ1) is 12.8. The van der Waals surface area contributed by atoms with Crippen molar-refractivity contribution >= 4 is 9.84 Å². The highest BCUT2D eigenvalue weighted by molar-refractivity contribution is 7.91. The van der Waals surface area contributed by atoms with Gasteiger partial charge in [0.25, 0.3) is 0 Å². The Morgan fingerprint density at radius 2 is 2.06 bits per heavy atom. The van der Waals surface area contributed by atoms with Gasteiger partial charge >= 0.3 is 0 Å². The maximum Gasteiger partial charge on any atom is 0.151 e. The summed E-state index contributed by atoms with van der Waals surface area (Å²) in [5, 5.41) is 12.7. The van der Waals surface area contributed by atoms with E-state index in [0.29, 0.717) is 6.42 Å². The normalized spacial score (nSPS) is 31.2. The van der Waals surface area contributed by atoms with Crippen LogP contribution >= 0.6 is 0 Å². The molecule has 0 aromatic carbocycles. The molecule has 0 aromatic rings. The summed E-state index contributed by atoms with van der Waals surface area (Å²) in [6.07, 6.45) is 2.21. The van der Waals surface area contributed by atoms with Crippen LogP contribution in [0.15, 0.2) is 0 Å². The van der Waals surface area contributed by atoms with Gasteiger partial charge in [-0.2, -0.15) is 5.26 Å². The molecule has 96 valence electrons. The van der Waals surface area contributed by atoms with E-state index in [1.54, 1.807) is 0 Å². The van der Waals surface area contributed by atoms with Crippen molar-refractivity contribution in [2.24, 2.45) is 0 Å². The predicted molar refractivity (Wildman–Crippen MR) is 65.3 cm³/mol. The predicted octanol–water partition coefficient (Wildman–Crippen LogP) is -0.249. The summed E-state index contributed by atoms with van der Waals surface area (Å²) in [4.78, 5) is 2.01. The average molecular weight is 257 g/mol. The lowest BCUT2D eigenvalue weighted by Crippen LogP contribution is -2.56. The summed E-state index contributed by atoms with van der Waals surface area (Å²) < 4.78 is 23.0. The highest BCUT2D eigenvalue weighted by Crippen LogP contribution is 2.29. The minimum absolute atomic E-state index is 0.0118.